The van der Waals surface area contributed by atoms with E-state index in [-0.39, 0.29) is 18.5 Å². The Hall–Kier alpha value is -2.30. The van der Waals surface area contributed by atoms with E-state index in [0.29, 0.717) is 6.54 Å². The van der Waals surface area contributed by atoms with Crippen molar-refractivity contribution in [1.29, 1.82) is 0 Å². The van der Waals surface area contributed by atoms with Crippen LogP contribution in [0.15, 0.2) is 42.6 Å². The fourth-order valence-electron chi connectivity index (χ4n) is 1.50. The summed E-state index contributed by atoms with van der Waals surface area (Å²) in [5.74, 6) is -0.251. The maximum atomic E-state index is 11.2. The number of benzene rings is 1. The summed E-state index contributed by atoms with van der Waals surface area (Å²) in [5.41, 5.74) is 0.977. The van der Waals surface area contributed by atoms with E-state index in [2.05, 4.69) is 10.6 Å². The summed E-state index contributed by atoms with van der Waals surface area (Å²) in [4.78, 5) is 23.5. The molecule has 5 nitrogen and oxygen atoms in total. The molecule has 2 rings (SSSR count). The molecule has 0 aromatic heterocycles. The van der Waals surface area contributed by atoms with Gasteiger partial charge in [0.25, 0.3) is 0 Å². The second kappa shape index (κ2) is 5.16. The van der Waals surface area contributed by atoms with Crippen LogP contribution in [-0.4, -0.2) is 29.9 Å². The Bertz CT molecular complexity index is 442. The van der Waals surface area contributed by atoms with E-state index in [9.17, 15) is 9.59 Å². The second-order valence-electron chi connectivity index (χ2n) is 3.65. The molecule has 3 amide bonds. The van der Waals surface area contributed by atoms with Crippen LogP contribution in [0.25, 0.3) is 0 Å². The number of para-hydroxylation sites is 1. The molecule has 1 aromatic rings. The summed E-state index contributed by atoms with van der Waals surface area (Å²) in [5, 5.41) is 5.29. The molecule has 1 aliphatic rings. The predicted molar refractivity (Wildman–Crippen MR) is 64.3 cm³/mol. The number of amides is 3. The highest BCUT2D eigenvalue weighted by molar-refractivity contribution is 6.01. The van der Waals surface area contributed by atoms with Crippen LogP contribution < -0.4 is 10.6 Å². The number of hydrogen-bond donors (Lipinski definition) is 2. The van der Waals surface area contributed by atoms with Gasteiger partial charge in [0.2, 0.25) is 5.91 Å². The first-order chi connectivity index (χ1) is 8.25. The van der Waals surface area contributed by atoms with Gasteiger partial charge in [-0.25, -0.2) is 4.79 Å². The molecule has 88 valence electrons. The van der Waals surface area contributed by atoms with E-state index >= 15 is 0 Å². The number of rotatable bonds is 4. The number of carbonyl (C=O) groups is 2. The van der Waals surface area contributed by atoms with Crippen LogP contribution in [-0.2, 0) is 4.79 Å². The van der Waals surface area contributed by atoms with Gasteiger partial charge in [0.05, 0.1) is 0 Å². The van der Waals surface area contributed by atoms with Crippen molar-refractivity contribution in [3.8, 4) is 0 Å². The first-order valence-corrected chi connectivity index (χ1v) is 5.31. The van der Waals surface area contributed by atoms with Gasteiger partial charge in [-0.15, -0.1) is 0 Å². The lowest BCUT2D eigenvalue weighted by atomic mass is 10.3. The van der Waals surface area contributed by atoms with Gasteiger partial charge < -0.3 is 10.2 Å². The minimum Gasteiger partial charge on any atom is -0.362 e. The van der Waals surface area contributed by atoms with E-state index in [0.717, 1.165) is 5.69 Å². The van der Waals surface area contributed by atoms with Crippen molar-refractivity contribution in [2.24, 2.45) is 0 Å². The molecule has 0 saturated carbocycles. The summed E-state index contributed by atoms with van der Waals surface area (Å²) >= 11 is 0. The van der Waals surface area contributed by atoms with Crippen molar-refractivity contribution in [3.05, 3.63) is 42.6 Å². The molecule has 0 spiro atoms. The highest BCUT2D eigenvalue weighted by Crippen LogP contribution is 2.04. The maximum Gasteiger partial charge on any atom is 0.324 e. The predicted octanol–water partition coefficient (Wildman–Crippen LogP) is 1.16. The van der Waals surface area contributed by atoms with Gasteiger partial charge >= 0.3 is 6.03 Å². The van der Waals surface area contributed by atoms with Crippen molar-refractivity contribution in [1.82, 2.24) is 10.2 Å². The lowest BCUT2D eigenvalue weighted by Crippen LogP contribution is -2.28. The van der Waals surface area contributed by atoms with Crippen molar-refractivity contribution in [2.75, 3.05) is 18.4 Å². The second-order valence-corrected chi connectivity index (χ2v) is 3.65. The molecule has 1 aliphatic heterocycles. The molecule has 0 aliphatic carbocycles. The Labute approximate surface area is 99.1 Å². The van der Waals surface area contributed by atoms with Crippen LogP contribution in [0.4, 0.5) is 10.5 Å². The van der Waals surface area contributed by atoms with Gasteiger partial charge in [0.1, 0.15) is 6.54 Å². The summed E-state index contributed by atoms with van der Waals surface area (Å²) in [6, 6.07) is 9.35. The van der Waals surface area contributed by atoms with Crippen molar-refractivity contribution < 1.29 is 9.59 Å². The molecule has 5 heteroatoms. The SMILES string of the molecule is O=C1CN(CC=CNc2ccccc2)C(=O)N1. The molecule has 1 fully saturated rings. The highest BCUT2D eigenvalue weighted by atomic mass is 16.2. The van der Waals surface area contributed by atoms with Crippen LogP contribution in [0.5, 0.6) is 0 Å². The largest absolute Gasteiger partial charge is 0.362 e. The van der Waals surface area contributed by atoms with Gasteiger partial charge in [-0.2, -0.15) is 0 Å². The van der Waals surface area contributed by atoms with Crippen LogP contribution in [0.3, 0.4) is 0 Å². The fraction of sp³-hybridized carbons (Fsp3) is 0.167. The third-order valence-electron chi connectivity index (χ3n) is 2.34. The van der Waals surface area contributed by atoms with E-state index in [4.69, 9.17) is 0 Å². The van der Waals surface area contributed by atoms with Gasteiger partial charge in [0.15, 0.2) is 0 Å². The first-order valence-electron chi connectivity index (χ1n) is 5.31. The quantitative estimate of drug-likeness (QED) is 0.764. The third-order valence-corrected chi connectivity index (χ3v) is 2.34. The zero-order chi connectivity index (χ0) is 12.1. The first kappa shape index (κ1) is 11.2. The average molecular weight is 231 g/mol. The fourth-order valence-corrected chi connectivity index (χ4v) is 1.50. The summed E-state index contributed by atoms with van der Waals surface area (Å²) in [7, 11) is 0. The van der Waals surface area contributed by atoms with Crippen molar-refractivity contribution in [3.63, 3.8) is 0 Å². The van der Waals surface area contributed by atoms with E-state index < -0.39 is 0 Å². The molecular weight excluding hydrogens is 218 g/mol. The molecule has 1 aromatic carbocycles. The lowest BCUT2D eigenvalue weighted by Gasteiger charge is -2.09. The summed E-state index contributed by atoms with van der Waals surface area (Å²) in [6.07, 6.45) is 3.55. The summed E-state index contributed by atoms with van der Waals surface area (Å²) in [6.45, 7) is 0.548. The van der Waals surface area contributed by atoms with Gasteiger partial charge in [-0.1, -0.05) is 18.2 Å². The minimum absolute atomic E-state index is 0.133. The normalized spacial score (nSPS) is 15.4. The monoisotopic (exact) mass is 231 g/mol. The van der Waals surface area contributed by atoms with Crippen LogP contribution in [0.1, 0.15) is 0 Å². The van der Waals surface area contributed by atoms with Crippen molar-refractivity contribution in [2.45, 2.75) is 0 Å². The summed E-state index contributed by atoms with van der Waals surface area (Å²) < 4.78 is 0. The molecule has 0 bridgehead atoms. The number of hydrogen-bond acceptors (Lipinski definition) is 3. The van der Waals surface area contributed by atoms with Crippen LogP contribution >= 0.6 is 0 Å². The molecule has 0 unspecified atom stereocenters. The number of anilines is 1. The average Bonchev–Trinajstić information content (AvgIpc) is 2.65. The van der Waals surface area contributed by atoms with E-state index in [1.807, 2.05) is 30.3 Å². The molecule has 2 N–H and O–H groups in total. The topological polar surface area (TPSA) is 61.4 Å². The van der Waals surface area contributed by atoms with Crippen LogP contribution in [0.2, 0.25) is 0 Å². The maximum absolute atomic E-state index is 11.2. The zero-order valence-electron chi connectivity index (χ0n) is 9.22. The third kappa shape index (κ3) is 3.07. The number of nitrogens with zero attached hydrogens (tertiary/aromatic N) is 1. The van der Waals surface area contributed by atoms with E-state index in [1.165, 1.54) is 4.90 Å². The number of carbonyl (C=O) groups excluding carboxylic acids is 2. The number of nitrogens with one attached hydrogen (secondary N) is 2. The standard InChI is InChI=1S/C12H13N3O2/c16-11-9-15(12(17)14-11)8-4-7-13-10-5-2-1-3-6-10/h1-7,13H,8-9H2,(H,14,16,17). The molecule has 0 radical (unpaired) electrons. The Morgan fingerprint density at radius 2 is 2.06 bits per heavy atom. The minimum atomic E-state index is -0.334. The smallest absolute Gasteiger partial charge is 0.324 e. The van der Waals surface area contributed by atoms with Gasteiger partial charge in [-0.05, 0) is 24.4 Å². The Morgan fingerprint density at radius 1 is 1.29 bits per heavy atom. The molecule has 17 heavy (non-hydrogen) atoms. The Morgan fingerprint density at radius 3 is 2.71 bits per heavy atom. The Balaban J connectivity index is 1.79. The molecule has 1 heterocycles. The molecular formula is C12H13N3O2. The highest BCUT2D eigenvalue weighted by Gasteiger charge is 2.24. The molecule has 1 saturated heterocycles. The molecule has 0 atom stereocenters. The van der Waals surface area contributed by atoms with Gasteiger partial charge in [-0.3, -0.25) is 10.1 Å². The zero-order valence-corrected chi connectivity index (χ0v) is 9.22. The van der Waals surface area contributed by atoms with E-state index in [1.54, 1.807) is 12.3 Å². The number of imide groups is 1. The lowest BCUT2D eigenvalue weighted by molar-refractivity contribution is -0.118. The van der Waals surface area contributed by atoms with Crippen molar-refractivity contribution >= 4 is 17.6 Å². The van der Waals surface area contributed by atoms with Gasteiger partial charge in [0, 0.05) is 12.2 Å². The Kier molecular flexibility index (Phi) is 3.40. The number of urea groups is 1. The van der Waals surface area contributed by atoms with Crippen LogP contribution in [0, 0.1) is 0 Å².